The Kier molecular flexibility index (Phi) is 2.80. The molecule has 4 nitrogen and oxygen atoms in total. The van der Waals surface area contributed by atoms with Gasteiger partial charge in [-0.05, 0) is 31.4 Å². The summed E-state index contributed by atoms with van der Waals surface area (Å²) < 4.78 is 1.89. The summed E-state index contributed by atoms with van der Waals surface area (Å²) in [6.45, 7) is 4.54. The van der Waals surface area contributed by atoms with Gasteiger partial charge in [0.15, 0.2) is 5.82 Å². The lowest BCUT2D eigenvalue weighted by Crippen LogP contribution is -2.07. The zero-order chi connectivity index (χ0) is 12.7. The number of hydrogen-bond donors (Lipinski definition) is 0. The van der Waals surface area contributed by atoms with Gasteiger partial charge in [0.1, 0.15) is 16.5 Å². The molecule has 0 aliphatic carbocycles. The highest BCUT2D eigenvalue weighted by atomic mass is 35.5. The van der Waals surface area contributed by atoms with Crippen molar-refractivity contribution < 1.29 is 0 Å². The summed E-state index contributed by atoms with van der Waals surface area (Å²) in [5.41, 5.74) is 2.09. The Labute approximate surface area is 113 Å². The van der Waals surface area contributed by atoms with Gasteiger partial charge in [0.25, 0.3) is 0 Å². The topological polar surface area (TPSA) is 43.6 Å². The lowest BCUT2D eigenvalue weighted by molar-refractivity contribution is 0.634. The molecule has 3 rings (SSSR count). The molecule has 0 spiro atoms. The van der Waals surface area contributed by atoms with E-state index in [0.717, 1.165) is 21.6 Å². The highest BCUT2D eigenvalue weighted by Gasteiger charge is 2.09. The Morgan fingerprint density at radius 3 is 2.89 bits per heavy atom. The number of rotatable bonds is 2. The fourth-order valence-electron chi connectivity index (χ4n) is 1.90. The molecule has 6 heteroatoms. The van der Waals surface area contributed by atoms with Gasteiger partial charge < -0.3 is 0 Å². The first-order valence-corrected chi connectivity index (χ1v) is 6.80. The molecule has 0 amide bonds. The second kappa shape index (κ2) is 4.33. The second-order valence-electron chi connectivity index (χ2n) is 4.15. The van der Waals surface area contributed by atoms with Crippen LogP contribution in [0.4, 0.5) is 0 Å². The normalized spacial score (nSPS) is 11.3. The van der Waals surface area contributed by atoms with E-state index in [-0.39, 0.29) is 0 Å². The third-order valence-electron chi connectivity index (χ3n) is 2.72. The van der Waals surface area contributed by atoms with E-state index in [4.69, 9.17) is 11.6 Å². The average Bonchev–Trinajstić information content (AvgIpc) is 2.86. The Morgan fingerprint density at radius 2 is 2.17 bits per heavy atom. The molecule has 0 radical (unpaired) electrons. The standard InChI is InChI=1S/C12H11ClN4S/c1-7-5-8(2)17(16-7)6-10-14-11(13)9-3-4-18-12(9)15-10/h3-5H,6H2,1-2H3. The summed E-state index contributed by atoms with van der Waals surface area (Å²) in [6, 6.07) is 3.97. The van der Waals surface area contributed by atoms with Crippen LogP contribution in [0.2, 0.25) is 5.15 Å². The van der Waals surface area contributed by atoms with Gasteiger partial charge in [-0.15, -0.1) is 11.3 Å². The molecule has 3 aromatic heterocycles. The Morgan fingerprint density at radius 1 is 1.33 bits per heavy atom. The smallest absolute Gasteiger partial charge is 0.153 e. The SMILES string of the molecule is Cc1cc(C)n(Cc2nc(Cl)c3ccsc3n2)n1. The number of aryl methyl sites for hydroxylation is 2. The minimum atomic E-state index is 0.512. The third kappa shape index (κ3) is 2.00. The molecular weight excluding hydrogens is 268 g/mol. The number of nitrogens with zero attached hydrogens (tertiary/aromatic N) is 4. The van der Waals surface area contributed by atoms with Crippen LogP contribution in [0.5, 0.6) is 0 Å². The molecule has 3 aromatic rings. The molecule has 92 valence electrons. The first kappa shape index (κ1) is 11.6. The predicted molar refractivity (Wildman–Crippen MR) is 73.2 cm³/mol. The van der Waals surface area contributed by atoms with Crippen molar-refractivity contribution in [2.75, 3.05) is 0 Å². The quantitative estimate of drug-likeness (QED) is 0.676. The van der Waals surface area contributed by atoms with Crippen molar-refractivity contribution in [2.45, 2.75) is 20.4 Å². The van der Waals surface area contributed by atoms with Gasteiger partial charge >= 0.3 is 0 Å². The van der Waals surface area contributed by atoms with Gasteiger partial charge in [-0.25, -0.2) is 9.97 Å². The van der Waals surface area contributed by atoms with E-state index in [0.29, 0.717) is 17.5 Å². The van der Waals surface area contributed by atoms with Crippen LogP contribution in [0.3, 0.4) is 0 Å². The Hall–Kier alpha value is -1.46. The molecular formula is C12H11ClN4S. The van der Waals surface area contributed by atoms with E-state index >= 15 is 0 Å². The van der Waals surface area contributed by atoms with Gasteiger partial charge in [0, 0.05) is 11.1 Å². The summed E-state index contributed by atoms with van der Waals surface area (Å²) in [4.78, 5) is 9.75. The van der Waals surface area contributed by atoms with Gasteiger partial charge in [0.05, 0.1) is 5.69 Å². The van der Waals surface area contributed by atoms with Crippen LogP contribution in [-0.2, 0) is 6.54 Å². The highest BCUT2D eigenvalue weighted by Crippen LogP contribution is 2.24. The van der Waals surface area contributed by atoms with Crippen molar-refractivity contribution in [1.82, 2.24) is 19.7 Å². The second-order valence-corrected chi connectivity index (χ2v) is 5.41. The molecule has 0 aromatic carbocycles. The van der Waals surface area contributed by atoms with Crippen molar-refractivity contribution >= 4 is 33.2 Å². The van der Waals surface area contributed by atoms with E-state index in [1.54, 1.807) is 11.3 Å². The molecule has 0 unspecified atom stereocenters. The Balaban J connectivity index is 2.02. The van der Waals surface area contributed by atoms with E-state index in [1.807, 2.05) is 36.0 Å². The summed E-state index contributed by atoms with van der Waals surface area (Å²) in [7, 11) is 0. The first-order valence-electron chi connectivity index (χ1n) is 5.54. The van der Waals surface area contributed by atoms with Crippen LogP contribution < -0.4 is 0 Å². The Bertz CT molecular complexity index is 716. The molecule has 0 saturated heterocycles. The predicted octanol–water partition coefficient (Wildman–Crippen LogP) is 3.21. The first-order chi connectivity index (χ1) is 8.63. The molecule has 0 atom stereocenters. The molecule has 3 heterocycles. The summed E-state index contributed by atoms with van der Waals surface area (Å²) >= 11 is 7.71. The van der Waals surface area contributed by atoms with Gasteiger partial charge in [-0.2, -0.15) is 5.10 Å². The maximum atomic E-state index is 6.14. The molecule has 0 fully saturated rings. The fourth-order valence-corrected chi connectivity index (χ4v) is 2.99. The molecule has 0 aliphatic heterocycles. The van der Waals surface area contributed by atoms with Crippen LogP contribution in [0.15, 0.2) is 17.5 Å². The summed E-state index contributed by atoms with van der Waals surface area (Å²) in [6.07, 6.45) is 0. The number of fused-ring (bicyclic) bond motifs is 1. The largest absolute Gasteiger partial charge is 0.262 e. The van der Waals surface area contributed by atoms with Crippen LogP contribution >= 0.6 is 22.9 Å². The van der Waals surface area contributed by atoms with Crippen LogP contribution in [-0.4, -0.2) is 19.7 Å². The maximum absolute atomic E-state index is 6.14. The lowest BCUT2D eigenvalue weighted by Gasteiger charge is -2.04. The number of thiophene rings is 1. The average molecular weight is 279 g/mol. The van der Waals surface area contributed by atoms with E-state index < -0.39 is 0 Å². The number of aromatic nitrogens is 4. The van der Waals surface area contributed by atoms with Crippen LogP contribution in [0, 0.1) is 13.8 Å². The van der Waals surface area contributed by atoms with Gasteiger partial charge in [-0.1, -0.05) is 11.6 Å². The summed E-state index contributed by atoms with van der Waals surface area (Å²) in [5.74, 6) is 0.696. The van der Waals surface area contributed by atoms with Gasteiger partial charge in [0.2, 0.25) is 0 Å². The van der Waals surface area contributed by atoms with Crippen molar-refractivity contribution in [3.63, 3.8) is 0 Å². The van der Waals surface area contributed by atoms with Crippen LogP contribution in [0.25, 0.3) is 10.2 Å². The third-order valence-corrected chi connectivity index (χ3v) is 3.81. The zero-order valence-corrected chi connectivity index (χ0v) is 11.6. The van der Waals surface area contributed by atoms with Crippen molar-refractivity contribution in [2.24, 2.45) is 0 Å². The molecule has 0 N–H and O–H groups in total. The van der Waals surface area contributed by atoms with Crippen molar-refractivity contribution in [3.8, 4) is 0 Å². The van der Waals surface area contributed by atoms with E-state index in [1.165, 1.54) is 0 Å². The molecule has 0 aliphatic rings. The number of hydrogen-bond acceptors (Lipinski definition) is 4. The van der Waals surface area contributed by atoms with E-state index in [2.05, 4.69) is 15.1 Å². The fraction of sp³-hybridized carbons (Fsp3) is 0.250. The van der Waals surface area contributed by atoms with Gasteiger partial charge in [-0.3, -0.25) is 4.68 Å². The van der Waals surface area contributed by atoms with E-state index in [9.17, 15) is 0 Å². The molecule has 0 bridgehead atoms. The monoisotopic (exact) mass is 278 g/mol. The maximum Gasteiger partial charge on any atom is 0.153 e. The van der Waals surface area contributed by atoms with Crippen LogP contribution in [0.1, 0.15) is 17.2 Å². The van der Waals surface area contributed by atoms with Crippen molar-refractivity contribution in [3.05, 3.63) is 39.9 Å². The molecule has 18 heavy (non-hydrogen) atoms. The lowest BCUT2D eigenvalue weighted by atomic mass is 10.4. The molecule has 0 saturated carbocycles. The van der Waals surface area contributed by atoms with Crippen molar-refractivity contribution in [1.29, 1.82) is 0 Å². The minimum absolute atomic E-state index is 0.512. The highest BCUT2D eigenvalue weighted by molar-refractivity contribution is 7.16. The number of halogens is 1. The minimum Gasteiger partial charge on any atom is -0.262 e. The zero-order valence-electron chi connectivity index (χ0n) is 10.0. The summed E-state index contributed by atoms with van der Waals surface area (Å²) in [5, 5.41) is 7.80.